The Morgan fingerprint density at radius 1 is 0.952 bits per heavy atom. The molecule has 0 unspecified atom stereocenters. The smallest absolute Gasteiger partial charge is 0.230 e. The maximum atomic E-state index is 13.9. The number of rotatable bonds is 2. The van der Waals surface area contributed by atoms with E-state index in [0.717, 1.165) is 16.6 Å². The second kappa shape index (κ2) is 5.29. The normalized spacial score (nSPS) is 10.8. The van der Waals surface area contributed by atoms with Crippen LogP contribution in [0, 0.1) is 11.6 Å². The predicted molar refractivity (Wildman–Crippen MR) is 79.4 cm³/mol. The highest BCUT2D eigenvalue weighted by molar-refractivity contribution is 9.10. The van der Waals surface area contributed by atoms with E-state index >= 15 is 0 Å². The molecule has 2 N–H and O–H groups in total. The molecular weight excluding hydrogens is 342 g/mol. The van der Waals surface area contributed by atoms with Gasteiger partial charge in [0.25, 0.3) is 0 Å². The van der Waals surface area contributed by atoms with Crippen molar-refractivity contribution in [1.29, 1.82) is 0 Å². The van der Waals surface area contributed by atoms with Crippen molar-refractivity contribution in [2.24, 2.45) is 0 Å². The summed E-state index contributed by atoms with van der Waals surface area (Å²) in [6.45, 7) is 0. The molecule has 2 aromatic carbocycles. The van der Waals surface area contributed by atoms with Crippen LogP contribution in [0.4, 0.5) is 14.7 Å². The monoisotopic (exact) mass is 350 g/mol. The Kier molecular flexibility index (Phi) is 3.47. The van der Waals surface area contributed by atoms with E-state index in [1.54, 1.807) is 24.3 Å². The van der Waals surface area contributed by atoms with Gasteiger partial charge in [0.15, 0.2) is 0 Å². The van der Waals surface area contributed by atoms with Crippen molar-refractivity contribution >= 4 is 21.8 Å². The third kappa shape index (κ3) is 2.42. The fourth-order valence-corrected chi connectivity index (χ4v) is 2.36. The molecule has 0 spiro atoms. The predicted octanol–water partition coefficient (Wildman–Crippen LogP) is 4.63. The summed E-state index contributed by atoms with van der Waals surface area (Å²) in [5, 5.41) is 3.71. The first-order chi connectivity index (χ1) is 10.1. The number of anilines is 1. The Morgan fingerprint density at radius 2 is 1.57 bits per heavy atom. The van der Waals surface area contributed by atoms with Crippen LogP contribution in [-0.2, 0) is 0 Å². The third-order valence-electron chi connectivity index (χ3n) is 3.05. The lowest BCUT2D eigenvalue weighted by Crippen LogP contribution is -1.93. The fraction of sp³-hybridized carbons (Fsp3) is 0. The molecule has 1 aromatic heterocycles. The summed E-state index contributed by atoms with van der Waals surface area (Å²) >= 11 is 3.32. The summed E-state index contributed by atoms with van der Waals surface area (Å²) in [5.74, 6) is -1.43. The average Bonchev–Trinajstić information content (AvgIpc) is 2.82. The van der Waals surface area contributed by atoms with E-state index in [2.05, 4.69) is 21.1 Å². The molecule has 0 aliphatic carbocycles. The van der Waals surface area contributed by atoms with Gasteiger partial charge >= 0.3 is 0 Å². The molecule has 0 bridgehead atoms. The van der Waals surface area contributed by atoms with Gasteiger partial charge in [0.2, 0.25) is 5.88 Å². The SMILES string of the molecule is Nc1onc(-c2c(F)cccc2F)c1-c1ccc(Br)cc1. The van der Waals surface area contributed by atoms with Gasteiger partial charge in [-0.2, -0.15) is 0 Å². The van der Waals surface area contributed by atoms with E-state index in [9.17, 15) is 8.78 Å². The van der Waals surface area contributed by atoms with Gasteiger partial charge in [-0.25, -0.2) is 8.78 Å². The number of hydrogen-bond acceptors (Lipinski definition) is 3. The summed E-state index contributed by atoms with van der Waals surface area (Å²) in [6, 6.07) is 10.7. The largest absolute Gasteiger partial charge is 0.367 e. The summed E-state index contributed by atoms with van der Waals surface area (Å²) < 4.78 is 33.7. The molecular formula is C15H9BrF2N2O. The van der Waals surface area contributed by atoms with Crippen LogP contribution < -0.4 is 5.73 Å². The molecule has 0 aliphatic heterocycles. The minimum absolute atomic E-state index is 0.00924. The lowest BCUT2D eigenvalue weighted by molar-refractivity contribution is 0.438. The average molecular weight is 351 g/mol. The van der Waals surface area contributed by atoms with Crippen molar-refractivity contribution in [3.05, 3.63) is 58.6 Å². The lowest BCUT2D eigenvalue weighted by Gasteiger charge is -2.05. The zero-order valence-corrected chi connectivity index (χ0v) is 12.2. The minimum Gasteiger partial charge on any atom is -0.367 e. The van der Waals surface area contributed by atoms with E-state index in [0.29, 0.717) is 11.1 Å². The number of hydrogen-bond donors (Lipinski definition) is 1. The molecule has 0 aliphatic rings. The van der Waals surface area contributed by atoms with Crippen molar-refractivity contribution in [2.45, 2.75) is 0 Å². The van der Waals surface area contributed by atoms with E-state index < -0.39 is 11.6 Å². The van der Waals surface area contributed by atoms with Crippen LogP contribution in [-0.4, -0.2) is 5.16 Å². The van der Waals surface area contributed by atoms with Crippen molar-refractivity contribution in [3.8, 4) is 22.4 Å². The molecule has 106 valence electrons. The highest BCUT2D eigenvalue weighted by Crippen LogP contribution is 2.38. The van der Waals surface area contributed by atoms with Gasteiger partial charge in [-0.05, 0) is 29.8 Å². The zero-order valence-electron chi connectivity index (χ0n) is 10.6. The Bertz CT molecular complexity index is 780. The van der Waals surface area contributed by atoms with Gasteiger partial charge < -0.3 is 10.3 Å². The summed E-state index contributed by atoms with van der Waals surface area (Å²) in [7, 11) is 0. The van der Waals surface area contributed by atoms with Crippen LogP contribution >= 0.6 is 15.9 Å². The maximum absolute atomic E-state index is 13.9. The first kappa shape index (κ1) is 13.8. The molecule has 0 atom stereocenters. The third-order valence-corrected chi connectivity index (χ3v) is 3.58. The van der Waals surface area contributed by atoms with E-state index in [-0.39, 0.29) is 17.1 Å². The van der Waals surface area contributed by atoms with Crippen LogP contribution in [0.2, 0.25) is 0 Å². The number of nitrogen functional groups attached to an aromatic ring is 1. The molecule has 6 heteroatoms. The zero-order chi connectivity index (χ0) is 15.0. The van der Waals surface area contributed by atoms with Crippen LogP contribution in [0.15, 0.2) is 51.5 Å². The molecule has 0 radical (unpaired) electrons. The van der Waals surface area contributed by atoms with Crippen LogP contribution in [0.3, 0.4) is 0 Å². The summed E-state index contributed by atoms with van der Waals surface area (Å²) in [4.78, 5) is 0. The van der Waals surface area contributed by atoms with Crippen molar-refractivity contribution < 1.29 is 13.3 Å². The quantitative estimate of drug-likeness (QED) is 0.732. The van der Waals surface area contributed by atoms with Crippen LogP contribution in [0.25, 0.3) is 22.4 Å². The van der Waals surface area contributed by atoms with Gasteiger partial charge in [0.1, 0.15) is 17.3 Å². The van der Waals surface area contributed by atoms with Gasteiger partial charge in [-0.15, -0.1) is 0 Å². The molecule has 3 rings (SSSR count). The first-order valence-corrected chi connectivity index (χ1v) is 6.82. The Hall–Kier alpha value is -2.21. The number of aromatic nitrogens is 1. The van der Waals surface area contributed by atoms with Crippen LogP contribution in [0.1, 0.15) is 0 Å². The highest BCUT2D eigenvalue weighted by atomic mass is 79.9. The second-order valence-corrected chi connectivity index (χ2v) is 5.29. The fourth-order valence-electron chi connectivity index (χ4n) is 2.09. The van der Waals surface area contributed by atoms with E-state index in [4.69, 9.17) is 10.3 Å². The van der Waals surface area contributed by atoms with Crippen molar-refractivity contribution in [3.63, 3.8) is 0 Å². The van der Waals surface area contributed by atoms with Gasteiger partial charge in [0.05, 0.1) is 11.1 Å². The Morgan fingerprint density at radius 3 is 2.19 bits per heavy atom. The molecule has 0 amide bonds. The van der Waals surface area contributed by atoms with Crippen molar-refractivity contribution in [1.82, 2.24) is 5.16 Å². The molecule has 3 nitrogen and oxygen atoms in total. The number of nitrogens with zero attached hydrogens (tertiary/aromatic N) is 1. The topological polar surface area (TPSA) is 52.0 Å². The Balaban J connectivity index is 2.24. The minimum atomic E-state index is -0.721. The molecule has 1 heterocycles. The lowest BCUT2D eigenvalue weighted by atomic mass is 10.0. The second-order valence-electron chi connectivity index (χ2n) is 4.37. The molecule has 3 aromatic rings. The molecule has 0 fully saturated rings. The summed E-state index contributed by atoms with van der Waals surface area (Å²) in [5.41, 5.74) is 6.58. The molecule has 0 saturated carbocycles. The Labute approximate surface area is 127 Å². The summed E-state index contributed by atoms with van der Waals surface area (Å²) in [6.07, 6.45) is 0. The van der Waals surface area contributed by atoms with E-state index in [1.807, 2.05) is 0 Å². The van der Waals surface area contributed by atoms with Crippen LogP contribution in [0.5, 0.6) is 0 Å². The maximum Gasteiger partial charge on any atom is 0.230 e. The number of nitrogens with two attached hydrogens (primary N) is 1. The van der Waals surface area contributed by atoms with E-state index in [1.165, 1.54) is 6.07 Å². The molecule has 21 heavy (non-hydrogen) atoms. The standard InChI is InChI=1S/C15H9BrF2N2O/c16-9-6-4-8(5-7-9)12-14(20-21-15(12)19)13-10(17)2-1-3-11(13)18/h1-7H,19H2. The van der Waals surface area contributed by atoms with Gasteiger partial charge in [0, 0.05) is 4.47 Å². The molecule has 0 saturated heterocycles. The number of benzene rings is 2. The number of halogens is 3. The first-order valence-electron chi connectivity index (χ1n) is 6.03. The highest BCUT2D eigenvalue weighted by Gasteiger charge is 2.22. The van der Waals surface area contributed by atoms with Gasteiger partial charge in [-0.1, -0.05) is 39.3 Å². The van der Waals surface area contributed by atoms with Gasteiger partial charge in [-0.3, -0.25) is 0 Å². The van der Waals surface area contributed by atoms with Crippen molar-refractivity contribution in [2.75, 3.05) is 5.73 Å².